The molecule has 0 aliphatic carbocycles. The van der Waals surface area contributed by atoms with E-state index < -0.39 is 6.61 Å². The minimum Gasteiger partial charge on any atom is -0.435 e. The smallest absolute Gasteiger partial charge is 0.387 e. The van der Waals surface area contributed by atoms with Gasteiger partial charge in [0.15, 0.2) is 0 Å². The number of hydrogen-bond acceptors (Lipinski definition) is 2. The fourth-order valence-electron chi connectivity index (χ4n) is 1.65. The summed E-state index contributed by atoms with van der Waals surface area (Å²) in [6, 6.07) is 6.63. The first-order chi connectivity index (χ1) is 8.04. The first-order valence-electron chi connectivity index (χ1n) is 5.48. The summed E-state index contributed by atoms with van der Waals surface area (Å²) in [5, 5.41) is 3.24. The molecule has 1 rings (SSSR count). The standard InChI is InChI=1S/C13H17F2NO/c1-4-16-12(9(2)3)10-6-5-7-11(8-10)17-13(14)15/h5-8,12-13,16H,2,4H2,1,3H3. The molecule has 0 aliphatic rings. The van der Waals surface area contributed by atoms with E-state index >= 15 is 0 Å². The van der Waals surface area contributed by atoms with E-state index in [0.29, 0.717) is 0 Å². The van der Waals surface area contributed by atoms with E-state index in [4.69, 9.17) is 0 Å². The number of likely N-dealkylation sites (N-methyl/N-ethyl adjacent to an activating group) is 1. The summed E-state index contributed by atoms with van der Waals surface area (Å²) in [5.41, 5.74) is 1.80. The predicted octanol–water partition coefficient (Wildman–Crippen LogP) is 3.51. The number of nitrogens with one attached hydrogen (secondary N) is 1. The second-order valence-corrected chi connectivity index (χ2v) is 3.79. The van der Waals surface area contributed by atoms with Crippen LogP contribution in [0.3, 0.4) is 0 Å². The van der Waals surface area contributed by atoms with Gasteiger partial charge in [0.2, 0.25) is 0 Å². The zero-order valence-electron chi connectivity index (χ0n) is 10.0. The Balaban J connectivity index is 2.91. The van der Waals surface area contributed by atoms with Crippen molar-refractivity contribution in [1.29, 1.82) is 0 Å². The number of rotatable bonds is 6. The molecular weight excluding hydrogens is 224 g/mol. The Morgan fingerprint density at radius 3 is 2.71 bits per heavy atom. The lowest BCUT2D eigenvalue weighted by Crippen LogP contribution is -2.21. The van der Waals surface area contributed by atoms with Gasteiger partial charge in [-0.05, 0) is 31.2 Å². The molecule has 0 radical (unpaired) electrons. The lowest BCUT2D eigenvalue weighted by molar-refractivity contribution is -0.0498. The van der Waals surface area contributed by atoms with Crippen molar-refractivity contribution in [2.45, 2.75) is 26.5 Å². The molecule has 0 aromatic heterocycles. The van der Waals surface area contributed by atoms with Crippen molar-refractivity contribution >= 4 is 0 Å². The number of ether oxygens (including phenoxy) is 1. The molecular formula is C13H17F2NO. The van der Waals surface area contributed by atoms with Gasteiger partial charge < -0.3 is 10.1 Å². The van der Waals surface area contributed by atoms with Gasteiger partial charge in [0.25, 0.3) is 0 Å². The van der Waals surface area contributed by atoms with Gasteiger partial charge in [-0.15, -0.1) is 0 Å². The first kappa shape index (κ1) is 13.6. The summed E-state index contributed by atoms with van der Waals surface area (Å²) in [5.74, 6) is 0.168. The number of alkyl halides is 2. The fourth-order valence-corrected chi connectivity index (χ4v) is 1.65. The Bertz CT molecular complexity index is 379. The van der Waals surface area contributed by atoms with Gasteiger partial charge in [0.05, 0.1) is 6.04 Å². The van der Waals surface area contributed by atoms with Gasteiger partial charge in [-0.3, -0.25) is 0 Å². The molecule has 1 unspecified atom stereocenters. The predicted molar refractivity (Wildman–Crippen MR) is 64.3 cm³/mol. The van der Waals surface area contributed by atoms with Crippen molar-refractivity contribution in [3.8, 4) is 5.75 Å². The van der Waals surface area contributed by atoms with Crippen LogP contribution < -0.4 is 10.1 Å². The van der Waals surface area contributed by atoms with Crippen molar-refractivity contribution < 1.29 is 13.5 Å². The van der Waals surface area contributed by atoms with Crippen molar-refractivity contribution in [2.75, 3.05) is 6.54 Å². The highest BCUT2D eigenvalue weighted by atomic mass is 19.3. The van der Waals surface area contributed by atoms with Crippen molar-refractivity contribution in [3.05, 3.63) is 42.0 Å². The molecule has 1 aromatic rings. The van der Waals surface area contributed by atoms with Crippen LogP contribution in [0.5, 0.6) is 5.75 Å². The zero-order chi connectivity index (χ0) is 12.8. The number of halogens is 2. The van der Waals surface area contributed by atoms with Gasteiger partial charge in [0, 0.05) is 0 Å². The number of benzene rings is 1. The third kappa shape index (κ3) is 4.15. The quantitative estimate of drug-likeness (QED) is 0.769. The Labute approximate surface area is 100 Å². The third-order valence-electron chi connectivity index (χ3n) is 2.32. The zero-order valence-corrected chi connectivity index (χ0v) is 10.0. The Morgan fingerprint density at radius 2 is 2.18 bits per heavy atom. The topological polar surface area (TPSA) is 21.3 Å². The van der Waals surface area contributed by atoms with E-state index in [0.717, 1.165) is 17.7 Å². The van der Waals surface area contributed by atoms with E-state index in [-0.39, 0.29) is 11.8 Å². The summed E-state index contributed by atoms with van der Waals surface area (Å²) < 4.78 is 28.6. The molecule has 0 aliphatic heterocycles. The summed E-state index contributed by atoms with van der Waals surface area (Å²) in [7, 11) is 0. The van der Waals surface area contributed by atoms with Crippen molar-refractivity contribution in [3.63, 3.8) is 0 Å². The molecule has 0 fully saturated rings. The van der Waals surface area contributed by atoms with Gasteiger partial charge >= 0.3 is 6.61 Å². The Hall–Kier alpha value is -1.42. The molecule has 1 N–H and O–H groups in total. The average Bonchev–Trinajstić information content (AvgIpc) is 2.24. The maximum absolute atomic E-state index is 12.1. The van der Waals surface area contributed by atoms with Crippen LogP contribution in [0.25, 0.3) is 0 Å². The second kappa shape index (κ2) is 6.35. The molecule has 0 heterocycles. The van der Waals surface area contributed by atoms with E-state index in [1.165, 1.54) is 6.07 Å². The largest absolute Gasteiger partial charge is 0.435 e. The fraction of sp³-hybridized carbons (Fsp3) is 0.385. The Morgan fingerprint density at radius 1 is 1.47 bits per heavy atom. The van der Waals surface area contributed by atoms with Crippen molar-refractivity contribution in [1.82, 2.24) is 5.32 Å². The molecule has 0 spiro atoms. The lowest BCUT2D eigenvalue weighted by atomic mass is 10.0. The molecule has 94 valence electrons. The molecule has 4 heteroatoms. The van der Waals surface area contributed by atoms with Crippen LogP contribution >= 0.6 is 0 Å². The van der Waals surface area contributed by atoms with Gasteiger partial charge in [0.1, 0.15) is 5.75 Å². The summed E-state index contributed by atoms with van der Waals surface area (Å²) in [6.45, 7) is 5.74. The molecule has 17 heavy (non-hydrogen) atoms. The van der Waals surface area contributed by atoms with E-state index in [9.17, 15) is 8.78 Å². The van der Waals surface area contributed by atoms with Crippen molar-refractivity contribution in [2.24, 2.45) is 0 Å². The summed E-state index contributed by atoms with van der Waals surface area (Å²) >= 11 is 0. The van der Waals surface area contributed by atoms with Crippen LogP contribution in [0.4, 0.5) is 8.78 Å². The normalized spacial score (nSPS) is 12.5. The molecule has 1 aromatic carbocycles. The highest BCUT2D eigenvalue weighted by molar-refractivity contribution is 5.34. The van der Waals surface area contributed by atoms with E-state index in [2.05, 4.69) is 16.6 Å². The lowest BCUT2D eigenvalue weighted by Gasteiger charge is -2.19. The van der Waals surface area contributed by atoms with Crippen LogP contribution in [0.2, 0.25) is 0 Å². The number of hydrogen-bond donors (Lipinski definition) is 1. The maximum atomic E-state index is 12.1. The van der Waals surface area contributed by atoms with Crippen LogP contribution in [0, 0.1) is 0 Å². The van der Waals surface area contributed by atoms with E-state index in [1.54, 1.807) is 12.1 Å². The van der Waals surface area contributed by atoms with E-state index in [1.807, 2.05) is 19.9 Å². The Kier molecular flexibility index (Phi) is 5.10. The third-order valence-corrected chi connectivity index (χ3v) is 2.32. The van der Waals surface area contributed by atoms with Crippen LogP contribution in [-0.2, 0) is 0 Å². The minimum atomic E-state index is -2.80. The second-order valence-electron chi connectivity index (χ2n) is 3.79. The molecule has 1 atom stereocenters. The van der Waals surface area contributed by atoms with Crippen LogP contribution in [-0.4, -0.2) is 13.2 Å². The SMILES string of the molecule is C=C(C)C(NCC)c1cccc(OC(F)F)c1. The maximum Gasteiger partial charge on any atom is 0.387 e. The van der Waals surface area contributed by atoms with Crippen LogP contribution in [0.15, 0.2) is 36.4 Å². The molecule has 2 nitrogen and oxygen atoms in total. The van der Waals surface area contributed by atoms with Gasteiger partial charge in [-0.1, -0.05) is 31.2 Å². The summed E-state index contributed by atoms with van der Waals surface area (Å²) in [6.07, 6.45) is 0. The molecule has 0 amide bonds. The van der Waals surface area contributed by atoms with Gasteiger partial charge in [-0.2, -0.15) is 8.78 Å². The average molecular weight is 241 g/mol. The minimum absolute atomic E-state index is 0.0405. The van der Waals surface area contributed by atoms with Crippen LogP contribution in [0.1, 0.15) is 25.5 Å². The monoisotopic (exact) mass is 241 g/mol. The molecule has 0 bridgehead atoms. The highest BCUT2D eigenvalue weighted by Crippen LogP contribution is 2.24. The molecule has 0 saturated heterocycles. The highest BCUT2D eigenvalue weighted by Gasteiger charge is 2.12. The summed E-state index contributed by atoms with van der Waals surface area (Å²) in [4.78, 5) is 0. The molecule has 0 saturated carbocycles. The first-order valence-corrected chi connectivity index (χ1v) is 5.48. The van der Waals surface area contributed by atoms with Gasteiger partial charge in [-0.25, -0.2) is 0 Å².